The summed E-state index contributed by atoms with van der Waals surface area (Å²) in [7, 11) is 0. The van der Waals surface area contributed by atoms with Crippen LogP contribution in [0.2, 0.25) is 0 Å². The van der Waals surface area contributed by atoms with E-state index in [-0.39, 0.29) is 0 Å². The first kappa shape index (κ1) is 11.3. The smallest absolute Gasteiger partial charge is 0.340 e. The van der Waals surface area contributed by atoms with Gasteiger partial charge in [-0.05, 0) is 23.3 Å². The molecule has 0 aliphatic rings. The van der Waals surface area contributed by atoms with Crippen LogP contribution in [0.25, 0.3) is 22.0 Å². The van der Waals surface area contributed by atoms with Gasteiger partial charge in [0, 0.05) is 5.39 Å². The molecule has 5 heteroatoms. The second-order valence-corrected chi connectivity index (χ2v) is 4.23. The van der Waals surface area contributed by atoms with Crippen LogP contribution in [0.3, 0.4) is 0 Å². The monoisotopic (exact) mass is 252 g/mol. The van der Waals surface area contributed by atoms with Crippen molar-refractivity contribution in [3.8, 4) is 11.1 Å². The first-order valence-electron chi connectivity index (χ1n) is 5.80. The minimum Gasteiger partial charge on any atom is -0.382 e. The largest absolute Gasteiger partial charge is 0.382 e. The zero-order chi connectivity index (χ0) is 13.4. The number of aromatic nitrogens is 2. The average molecular weight is 252 g/mol. The van der Waals surface area contributed by atoms with Crippen LogP contribution >= 0.6 is 0 Å². The minimum absolute atomic E-state index is 0.298. The molecule has 19 heavy (non-hydrogen) atoms. The molecule has 0 atom stereocenters. The predicted molar refractivity (Wildman–Crippen MR) is 74.6 cm³/mol. The Morgan fingerprint density at radius 1 is 1.05 bits per heavy atom. The molecule has 3 aromatic rings. The van der Waals surface area contributed by atoms with Crippen molar-refractivity contribution >= 4 is 22.8 Å². The molecule has 0 radical (unpaired) electrons. The molecule has 0 saturated carbocycles. The molecule has 0 fully saturated rings. The number of anilines is 1. The third-order valence-electron chi connectivity index (χ3n) is 3.02. The number of fused-ring (bicyclic) bond motifs is 1. The minimum atomic E-state index is -0.644. The van der Waals surface area contributed by atoms with Crippen LogP contribution in [0.5, 0.6) is 0 Å². The Hall–Kier alpha value is -2.82. The van der Waals surface area contributed by atoms with Crippen molar-refractivity contribution in [1.29, 1.82) is 0 Å². The molecule has 1 heterocycles. The Labute approximate surface area is 109 Å². The molecule has 3 rings (SSSR count). The number of nitrogens with zero attached hydrogens (tertiary/aromatic N) is 2. The number of carbonyl (C=O) groups is 1. The number of nitrogen functional groups attached to an aromatic ring is 1. The maximum Gasteiger partial charge on any atom is 0.340 e. The van der Waals surface area contributed by atoms with Crippen molar-refractivity contribution in [1.82, 2.24) is 9.78 Å². The van der Waals surface area contributed by atoms with E-state index in [4.69, 9.17) is 11.5 Å². The van der Waals surface area contributed by atoms with Crippen LogP contribution in [-0.4, -0.2) is 15.8 Å². The molecule has 0 unspecified atom stereocenters. The Kier molecular flexibility index (Phi) is 2.45. The zero-order valence-electron chi connectivity index (χ0n) is 10.1. The van der Waals surface area contributed by atoms with Gasteiger partial charge in [0.05, 0.1) is 5.52 Å². The quantitative estimate of drug-likeness (QED) is 0.696. The van der Waals surface area contributed by atoms with Gasteiger partial charge in [-0.3, -0.25) is 0 Å². The van der Waals surface area contributed by atoms with Crippen LogP contribution in [-0.2, 0) is 0 Å². The number of rotatable bonds is 1. The summed E-state index contributed by atoms with van der Waals surface area (Å²) in [5.41, 5.74) is 13.8. The van der Waals surface area contributed by atoms with E-state index in [1.54, 1.807) is 6.07 Å². The highest BCUT2D eigenvalue weighted by atomic mass is 16.2. The van der Waals surface area contributed by atoms with Gasteiger partial charge in [0.25, 0.3) is 0 Å². The van der Waals surface area contributed by atoms with Gasteiger partial charge >= 0.3 is 6.03 Å². The van der Waals surface area contributed by atoms with E-state index in [0.29, 0.717) is 11.3 Å². The Bertz CT molecular complexity index is 762. The van der Waals surface area contributed by atoms with Gasteiger partial charge < -0.3 is 11.5 Å². The molecule has 0 spiro atoms. The van der Waals surface area contributed by atoms with Crippen molar-refractivity contribution in [2.45, 2.75) is 0 Å². The number of amides is 1. The molecule has 1 aromatic heterocycles. The Balaban J connectivity index is 2.22. The van der Waals surface area contributed by atoms with Gasteiger partial charge in [0.15, 0.2) is 5.82 Å². The normalized spacial score (nSPS) is 10.7. The second-order valence-electron chi connectivity index (χ2n) is 4.23. The summed E-state index contributed by atoms with van der Waals surface area (Å²) < 4.78 is 1.11. The van der Waals surface area contributed by atoms with Crippen molar-refractivity contribution in [3.63, 3.8) is 0 Å². The van der Waals surface area contributed by atoms with E-state index in [1.807, 2.05) is 42.5 Å². The van der Waals surface area contributed by atoms with Gasteiger partial charge in [0.2, 0.25) is 0 Å². The lowest BCUT2D eigenvalue weighted by Gasteiger charge is -2.02. The van der Waals surface area contributed by atoms with Gasteiger partial charge in [-0.1, -0.05) is 36.4 Å². The number of hydrogen-bond donors (Lipinski definition) is 2. The first-order chi connectivity index (χ1) is 9.16. The lowest BCUT2D eigenvalue weighted by molar-refractivity contribution is 0.248. The van der Waals surface area contributed by atoms with Crippen LogP contribution in [0.15, 0.2) is 48.5 Å². The first-order valence-corrected chi connectivity index (χ1v) is 5.80. The van der Waals surface area contributed by atoms with Crippen molar-refractivity contribution in [2.24, 2.45) is 5.73 Å². The third kappa shape index (κ3) is 1.81. The highest BCUT2D eigenvalue weighted by Crippen LogP contribution is 2.27. The zero-order valence-corrected chi connectivity index (χ0v) is 10.1. The van der Waals surface area contributed by atoms with Crippen LogP contribution in [0, 0.1) is 0 Å². The molecule has 0 aliphatic carbocycles. The summed E-state index contributed by atoms with van der Waals surface area (Å²) in [5, 5.41) is 4.67. The fourth-order valence-electron chi connectivity index (χ4n) is 2.12. The average Bonchev–Trinajstić information content (AvgIpc) is 2.77. The summed E-state index contributed by atoms with van der Waals surface area (Å²) in [6.45, 7) is 0. The number of primary amides is 1. The van der Waals surface area contributed by atoms with E-state index in [0.717, 1.165) is 21.2 Å². The van der Waals surface area contributed by atoms with E-state index in [1.165, 1.54) is 0 Å². The fourth-order valence-corrected chi connectivity index (χ4v) is 2.12. The SMILES string of the molecule is NC(=O)n1nc(N)c2cc(-c3ccccc3)ccc21. The second kappa shape index (κ2) is 4.13. The molecule has 0 bridgehead atoms. The fraction of sp³-hybridized carbons (Fsp3) is 0. The predicted octanol–water partition coefficient (Wildman–Crippen LogP) is 2.21. The molecular formula is C14H12N4O. The molecule has 2 aromatic carbocycles. The van der Waals surface area contributed by atoms with Crippen molar-refractivity contribution < 1.29 is 4.79 Å². The summed E-state index contributed by atoms with van der Waals surface area (Å²) in [4.78, 5) is 11.3. The standard InChI is InChI=1S/C14H12N4O/c15-13-11-8-10(9-4-2-1-3-5-9)6-7-12(11)18(17-13)14(16)19/h1-8H,(H2,15,17)(H2,16,19). The van der Waals surface area contributed by atoms with Gasteiger partial charge in [0.1, 0.15) is 0 Å². The molecule has 1 amide bonds. The van der Waals surface area contributed by atoms with Gasteiger partial charge in [-0.15, -0.1) is 5.10 Å². The van der Waals surface area contributed by atoms with E-state index < -0.39 is 6.03 Å². The van der Waals surface area contributed by atoms with E-state index >= 15 is 0 Å². The summed E-state index contributed by atoms with van der Waals surface area (Å²) in [6.07, 6.45) is 0. The molecule has 4 N–H and O–H groups in total. The molecule has 94 valence electrons. The lowest BCUT2D eigenvalue weighted by atomic mass is 10.0. The highest BCUT2D eigenvalue weighted by Gasteiger charge is 2.12. The van der Waals surface area contributed by atoms with Crippen LogP contribution in [0.4, 0.5) is 10.6 Å². The lowest BCUT2D eigenvalue weighted by Crippen LogP contribution is -2.20. The third-order valence-corrected chi connectivity index (χ3v) is 3.02. The van der Waals surface area contributed by atoms with Crippen LogP contribution < -0.4 is 11.5 Å². The number of hydrogen-bond acceptors (Lipinski definition) is 3. The number of nitrogens with two attached hydrogens (primary N) is 2. The molecule has 0 saturated heterocycles. The van der Waals surface area contributed by atoms with Gasteiger partial charge in [-0.25, -0.2) is 4.79 Å². The van der Waals surface area contributed by atoms with Crippen LogP contribution in [0.1, 0.15) is 0 Å². The van der Waals surface area contributed by atoms with Crippen molar-refractivity contribution in [3.05, 3.63) is 48.5 Å². The van der Waals surface area contributed by atoms with Crippen molar-refractivity contribution in [2.75, 3.05) is 5.73 Å². The van der Waals surface area contributed by atoms with E-state index in [9.17, 15) is 4.79 Å². The molecular weight excluding hydrogens is 240 g/mol. The maximum absolute atomic E-state index is 11.3. The highest BCUT2D eigenvalue weighted by molar-refractivity contribution is 5.97. The Morgan fingerprint density at radius 2 is 1.79 bits per heavy atom. The maximum atomic E-state index is 11.3. The summed E-state index contributed by atoms with van der Waals surface area (Å²) in [6, 6.07) is 14.9. The Morgan fingerprint density at radius 3 is 2.47 bits per heavy atom. The molecule has 0 aliphatic heterocycles. The van der Waals surface area contributed by atoms with Gasteiger partial charge in [-0.2, -0.15) is 4.68 Å². The number of carbonyl (C=O) groups excluding carboxylic acids is 1. The number of benzene rings is 2. The van der Waals surface area contributed by atoms with E-state index in [2.05, 4.69) is 5.10 Å². The summed E-state index contributed by atoms with van der Waals surface area (Å²) in [5.74, 6) is 0.298. The molecule has 5 nitrogen and oxygen atoms in total. The topological polar surface area (TPSA) is 86.9 Å². The summed E-state index contributed by atoms with van der Waals surface area (Å²) >= 11 is 0.